The van der Waals surface area contributed by atoms with Gasteiger partial charge in [0, 0.05) is 12.8 Å². The Labute approximate surface area is 103 Å². The van der Waals surface area contributed by atoms with Gasteiger partial charge in [0.1, 0.15) is 5.54 Å². The molecule has 2 rings (SSSR count). The van der Waals surface area contributed by atoms with Gasteiger partial charge in [0.15, 0.2) is 0 Å². The predicted octanol–water partition coefficient (Wildman–Crippen LogP) is -0.245. The van der Waals surface area contributed by atoms with Gasteiger partial charge in [-0.05, 0) is 36.2 Å². The number of aliphatic carboxylic acids is 1. The number of likely N-dealkylation sites (N-methyl/N-ethyl adjacent to an activating group) is 1. The van der Waals surface area contributed by atoms with Crippen LogP contribution in [-0.2, 0) is 11.8 Å². The van der Waals surface area contributed by atoms with Gasteiger partial charge in [-0.25, -0.2) is 4.68 Å². The van der Waals surface area contributed by atoms with Crippen molar-refractivity contribution in [1.29, 1.82) is 0 Å². The van der Waals surface area contributed by atoms with Gasteiger partial charge in [-0.1, -0.05) is 11.8 Å². The number of hydrogen-bond acceptors (Lipinski definition) is 6. The molecule has 8 heteroatoms. The van der Waals surface area contributed by atoms with E-state index in [2.05, 4.69) is 20.8 Å². The van der Waals surface area contributed by atoms with Crippen molar-refractivity contribution in [3.63, 3.8) is 0 Å². The van der Waals surface area contributed by atoms with Crippen LogP contribution in [-0.4, -0.2) is 49.6 Å². The first-order valence-electron chi connectivity index (χ1n) is 5.37. The van der Waals surface area contributed by atoms with E-state index in [4.69, 9.17) is 0 Å². The Balaban J connectivity index is 2.08. The summed E-state index contributed by atoms with van der Waals surface area (Å²) in [5, 5.41) is 24.1. The number of thioether (sulfide) groups is 1. The first-order valence-corrected chi connectivity index (χ1v) is 6.36. The number of aryl methyl sites for hydroxylation is 1. The van der Waals surface area contributed by atoms with Gasteiger partial charge < -0.3 is 10.4 Å². The molecule has 17 heavy (non-hydrogen) atoms. The first-order chi connectivity index (χ1) is 8.10. The van der Waals surface area contributed by atoms with E-state index in [1.54, 1.807) is 18.8 Å². The third-order valence-electron chi connectivity index (χ3n) is 3.11. The second-order valence-electron chi connectivity index (χ2n) is 4.17. The number of rotatable bonds is 6. The lowest BCUT2D eigenvalue weighted by Gasteiger charge is -2.28. The van der Waals surface area contributed by atoms with Crippen LogP contribution in [0.15, 0.2) is 5.16 Å². The van der Waals surface area contributed by atoms with Crippen LogP contribution in [0.2, 0.25) is 0 Å². The summed E-state index contributed by atoms with van der Waals surface area (Å²) in [4.78, 5) is 11.4. The third kappa shape index (κ3) is 2.27. The van der Waals surface area contributed by atoms with Crippen molar-refractivity contribution in [2.45, 2.75) is 23.5 Å². The summed E-state index contributed by atoms with van der Waals surface area (Å²) in [5.74, 6) is -0.165. The summed E-state index contributed by atoms with van der Waals surface area (Å²) in [7, 11) is 3.43. The smallest absolute Gasteiger partial charge is 0.325 e. The molecule has 94 valence electrons. The average molecular weight is 257 g/mol. The molecule has 1 heterocycles. The minimum Gasteiger partial charge on any atom is -0.480 e. The lowest BCUT2D eigenvalue weighted by atomic mass is 9.96. The van der Waals surface area contributed by atoms with E-state index in [-0.39, 0.29) is 5.92 Å². The Bertz CT molecular complexity index is 419. The molecule has 1 aliphatic carbocycles. The number of nitrogens with zero attached hydrogens (tertiary/aromatic N) is 4. The van der Waals surface area contributed by atoms with E-state index < -0.39 is 11.5 Å². The van der Waals surface area contributed by atoms with Gasteiger partial charge in [0.25, 0.3) is 0 Å². The first kappa shape index (κ1) is 12.3. The van der Waals surface area contributed by atoms with Gasteiger partial charge in [-0.15, -0.1) is 5.10 Å². The molecule has 7 nitrogen and oxygen atoms in total. The molecule has 1 aromatic rings. The topological polar surface area (TPSA) is 92.9 Å². The molecule has 0 amide bonds. The van der Waals surface area contributed by atoms with E-state index in [1.165, 1.54) is 11.8 Å². The van der Waals surface area contributed by atoms with Gasteiger partial charge in [-0.3, -0.25) is 4.79 Å². The Morgan fingerprint density at radius 2 is 2.41 bits per heavy atom. The Morgan fingerprint density at radius 1 is 1.71 bits per heavy atom. The zero-order valence-corrected chi connectivity index (χ0v) is 10.6. The Hall–Kier alpha value is -1.15. The summed E-state index contributed by atoms with van der Waals surface area (Å²) >= 11 is 1.37. The summed E-state index contributed by atoms with van der Waals surface area (Å²) < 4.78 is 1.54. The summed E-state index contributed by atoms with van der Waals surface area (Å²) in [6.07, 6.45) is 1.93. The van der Waals surface area contributed by atoms with Crippen LogP contribution in [0.3, 0.4) is 0 Å². The number of aromatic nitrogens is 4. The normalized spacial score (nSPS) is 18.9. The lowest BCUT2D eigenvalue weighted by molar-refractivity contribution is -0.144. The number of hydrogen-bond donors (Lipinski definition) is 2. The predicted molar refractivity (Wildman–Crippen MR) is 61.7 cm³/mol. The highest BCUT2D eigenvalue weighted by Crippen LogP contribution is 2.42. The maximum atomic E-state index is 11.4. The molecule has 0 aromatic carbocycles. The molecule has 2 N–H and O–H groups in total. The van der Waals surface area contributed by atoms with Gasteiger partial charge in [0.05, 0.1) is 0 Å². The summed E-state index contributed by atoms with van der Waals surface area (Å²) in [5.41, 5.74) is -0.864. The molecule has 0 aliphatic heterocycles. The zero-order valence-electron chi connectivity index (χ0n) is 9.75. The average Bonchev–Trinajstić information content (AvgIpc) is 3.05. The highest BCUT2D eigenvalue weighted by molar-refractivity contribution is 7.99. The molecule has 1 atom stereocenters. The van der Waals surface area contributed by atoms with Crippen LogP contribution >= 0.6 is 11.8 Å². The Morgan fingerprint density at radius 3 is 2.82 bits per heavy atom. The number of nitrogens with one attached hydrogen (secondary N) is 1. The largest absolute Gasteiger partial charge is 0.480 e. The number of carboxylic acids is 1. The zero-order chi connectivity index (χ0) is 12.5. The van der Waals surface area contributed by atoms with Crippen molar-refractivity contribution in [2.75, 3.05) is 12.8 Å². The molecule has 0 spiro atoms. The van der Waals surface area contributed by atoms with Crippen LogP contribution < -0.4 is 5.32 Å². The highest BCUT2D eigenvalue weighted by atomic mass is 32.2. The monoisotopic (exact) mass is 257 g/mol. The molecule has 1 fully saturated rings. The lowest BCUT2D eigenvalue weighted by Crippen LogP contribution is -2.54. The van der Waals surface area contributed by atoms with Crippen molar-refractivity contribution in [2.24, 2.45) is 13.0 Å². The number of tetrazole rings is 1. The van der Waals surface area contributed by atoms with Crippen molar-refractivity contribution in [3.8, 4) is 0 Å². The maximum absolute atomic E-state index is 11.4. The molecule has 1 unspecified atom stereocenters. The summed E-state index contributed by atoms with van der Waals surface area (Å²) in [6, 6.07) is 0. The molecule has 0 radical (unpaired) electrons. The molecule has 0 saturated heterocycles. The molecule has 1 aliphatic rings. The van der Waals surface area contributed by atoms with E-state index in [0.29, 0.717) is 10.9 Å². The minimum atomic E-state index is -0.864. The quantitative estimate of drug-likeness (QED) is 0.679. The fraction of sp³-hybridized carbons (Fsp3) is 0.778. The minimum absolute atomic E-state index is 0.207. The highest BCUT2D eigenvalue weighted by Gasteiger charge is 2.50. The van der Waals surface area contributed by atoms with Crippen molar-refractivity contribution >= 4 is 17.7 Å². The van der Waals surface area contributed by atoms with E-state index in [9.17, 15) is 9.90 Å². The van der Waals surface area contributed by atoms with Crippen molar-refractivity contribution < 1.29 is 9.90 Å². The SMILES string of the molecule is CNC(CSc1nnnn1C)(C(=O)O)C1CC1. The second kappa shape index (κ2) is 4.61. The van der Waals surface area contributed by atoms with Crippen LogP contribution in [0, 0.1) is 5.92 Å². The van der Waals surface area contributed by atoms with Crippen LogP contribution in [0.25, 0.3) is 0 Å². The van der Waals surface area contributed by atoms with Crippen LogP contribution in [0.5, 0.6) is 0 Å². The van der Waals surface area contributed by atoms with Gasteiger partial charge in [0.2, 0.25) is 5.16 Å². The van der Waals surface area contributed by atoms with Crippen LogP contribution in [0.1, 0.15) is 12.8 Å². The third-order valence-corrected chi connectivity index (χ3v) is 4.32. The standard InChI is InChI=1S/C9H15N5O2S/c1-10-9(7(15)16,6-3-4-6)5-17-8-11-12-13-14(8)2/h6,10H,3-5H2,1-2H3,(H,15,16). The van der Waals surface area contributed by atoms with Crippen molar-refractivity contribution in [1.82, 2.24) is 25.5 Å². The van der Waals surface area contributed by atoms with Gasteiger partial charge in [-0.2, -0.15) is 0 Å². The van der Waals surface area contributed by atoms with Gasteiger partial charge >= 0.3 is 5.97 Å². The maximum Gasteiger partial charge on any atom is 0.325 e. The van der Waals surface area contributed by atoms with Crippen LogP contribution in [0.4, 0.5) is 0 Å². The van der Waals surface area contributed by atoms with E-state index in [0.717, 1.165) is 12.8 Å². The fourth-order valence-electron chi connectivity index (χ4n) is 1.84. The number of carbonyl (C=O) groups is 1. The summed E-state index contributed by atoms with van der Waals surface area (Å²) in [6.45, 7) is 0. The molecular formula is C9H15N5O2S. The second-order valence-corrected chi connectivity index (χ2v) is 5.12. The molecule has 0 bridgehead atoms. The Kier molecular flexibility index (Phi) is 3.34. The number of carboxylic acid groups (broad SMARTS) is 1. The van der Waals surface area contributed by atoms with E-state index in [1.807, 2.05) is 0 Å². The molecule has 1 aromatic heterocycles. The van der Waals surface area contributed by atoms with E-state index >= 15 is 0 Å². The fourth-order valence-corrected chi connectivity index (χ4v) is 3.01. The molecule has 1 saturated carbocycles. The van der Waals surface area contributed by atoms with Crippen molar-refractivity contribution in [3.05, 3.63) is 0 Å². The molecular weight excluding hydrogens is 242 g/mol.